The Hall–Kier alpha value is -3.68. The van der Waals surface area contributed by atoms with Crippen LogP contribution in [0.5, 0.6) is 23.0 Å². The minimum atomic E-state index is -0.243. The summed E-state index contributed by atoms with van der Waals surface area (Å²) in [5.41, 5.74) is 2.10. The summed E-state index contributed by atoms with van der Waals surface area (Å²) in [6.45, 7) is 5.71. The molecule has 1 aliphatic rings. The first kappa shape index (κ1) is 19.6. The van der Waals surface area contributed by atoms with Gasteiger partial charge in [-0.25, -0.2) is 0 Å². The van der Waals surface area contributed by atoms with E-state index in [-0.39, 0.29) is 12.7 Å². The summed E-state index contributed by atoms with van der Waals surface area (Å²) >= 11 is 0. The van der Waals surface area contributed by atoms with Gasteiger partial charge < -0.3 is 24.3 Å². The van der Waals surface area contributed by atoms with Gasteiger partial charge in [0, 0.05) is 11.8 Å². The number of rotatable bonds is 8. The first-order valence-electron chi connectivity index (χ1n) is 9.78. The van der Waals surface area contributed by atoms with Crippen LogP contribution in [0.15, 0.2) is 48.8 Å². The fourth-order valence-corrected chi connectivity index (χ4v) is 3.14. The molecule has 0 radical (unpaired) electrons. The van der Waals surface area contributed by atoms with Gasteiger partial charge in [-0.15, -0.1) is 0 Å². The lowest BCUT2D eigenvalue weighted by molar-refractivity contribution is 0.102. The number of benzene rings is 2. The topological polar surface area (TPSA) is 83.8 Å². The average Bonchev–Trinajstić information content (AvgIpc) is 3.39. The van der Waals surface area contributed by atoms with Crippen molar-refractivity contribution in [1.82, 2.24) is 9.78 Å². The molecule has 30 heavy (non-hydrogen) atoms. The molecule has 1 aliphatic heterocycles. The lowest BCUT2D eigenvalue weighted by Crippen LogP contribution is -2.11. The molecule has 1 aromatic heterocycles. The fourth-order valence-electron chi connectivity index (χ4n) is 3.14. The van der Waals surface area contributed by atoms with Crippen LogP contribution in [0.25, 0.3) is 0 Å². The molecule has 0 saturated heterocycles. The van der Waals surface area contributed by atoms with E-state index in [2.05, 4.69) is 10.4 Å². The lowest BCUT2D eigenvalue weighted by atomic mass is 10.2. The molecule has 8 nitrogen and oxygen atoms in total. The molecule has 0 aliphatic carbocycles. The van der Waals surface area contributed by atoms with Crippen molar-refractivity contribution in [3.05, 3.63) is 59.9 Å². The van der Waals surface area contributed by atoms with Gasteiger partial charge in [0.25, 0.3) is 5.91 Å². The summed E-state index contributed by atoms with van der Waals surface area (Å²) in [7, 11) is 0. The maximum absolute atomic E-state index is 12.5. The number of nitrogens with zero attached hydrogens (tertiary/aromatic N) is 2. The molecule has 0 fully saturated rings. The SMILES string of the molecule is CCOc1ccc(Cn2cc(NC(=O)c3ccc4c(c3)OCO4)cn2)cc1OCC. The van der Waals surface area contributed by atoms with Crippen molar-refractivity contribution in [3.8, 4) is 23.0 Å². The van der Waals surface area contributed by atoms with Crippen molar-refractivity contribution in [2.45, 2.75) is 20.4 Å². The minimum Gasteiger partial charge on any atom is -0.490 e. The molecule has 2 aromatic carbocycles. The maximum atomic E-state index is 12.5. The van der Waals surface area contributed by atoms with E-state index in [0.29, 0.717) is 48.3 Å². The fraction of sp³-hybridized carbons (Fsp3) is 0.273. The van der Waals surface area contributed by atoms with Gasteiger partial charge in [0.2, 0.25) is 6.79 Å². The van der Waals surface area contributed by atoms with Crippen molar-refractivity contribution in [3.63, 3.8) is 0 Å². The van der Waals surface area contributed by atoms with Crippen molar-refractivity contribution >= 4 is 11.6 Å². The Morgan fingerprint density at radius 3 is 2.70 bits per heavy atom. The number of ether oxygens (including phenoxy) is 4. The average molecular weight is 409 g/mol. The number of amides is 1. The van der Waals surface area contributed by atoms with E-state index in [0.717, 1.165) is 11.3 Å². The van der Waals surface area contributed by atoms with Crippen LogP contribution in [0, 0.1) is 0 Å². The normalized spacial score (nSPS) is 11.9. The van der Waals surface area contributed by atoms with Crippen molar-refractivity contribution in [2.24, 2.45) is 0 Å². The van der Waals surface area contributed by atoms with Crippen LogP contribution in [0.2, 0.25) is 0 Å². The molecule has 1 N–H and O–H groups in total. The molecule has 1 amide bonds. The van der Waals surface area contributed by atoms with E-state index in [1.54, 1.807) is 35.3 Å². The van der Waals surface area contributed by atoms with Crippen LogP contribution >= 0.6 is 0 Å². The molecule has 156 valence electrons. The molecule has 2 heterocycles. The third-order valence-electron chi connectivity index (χ3n) is 4.48. The van der Waals surface area contributed by atoms with Crippen molar-refractivity contribution in [1.29, 1.82) is 0 Å². The zero-order valence-electron chi connectivity index (χ0n) is 16.9. The number of hydrogen-bond acceptors (Lipinski definition) is 6. The molecular formula is C22H23N3O5. The van der Waals surface area contributed by atoms with Crippen molar-refractivity contribution in [2.75, 3.05) is 25.3 Å². The van der Waals surface area contributed by atoms with Crippen LogP contribution < -0.4 is 24.3 Å². The molecule has 0 unspecified atom stereocenters. The second kappa shape index (κ2) is 8.77. The van der Waals surface area contributed by atoms with E-state index >= 15 is 0 Å². The Labute approximate surface area is 174 Å². The quantitative estimate of drug-likeness (QED) is 0.611. The molecule has 8 heteroatoms. The molecule has 0 atom stereocenters. The smallest absolute Gasteiger partial charge is 0.255 e. The Bertz CT molecular complexity index is 1050. The summed E-state index contributed by atoms with van der Waals surface area (Å²) in [6, 6.07) is 10.9. The Morgan fingerprint density at radius 2 is 1.87 bits per heavy atom. The molecular weight excluding hydrogens is 386 g/mol. The summed E-state index contributed by atoms with van der Waals surface area (Å²) in [4.78, 5) is 12.5. The van der Waals surface area contributed by atoms with Crippen LogP contribution in [0.3, 0.4) is 0 Å². The monoisotopic (exact) mass is 409 g/mol. The van der Waals surface area contributed by atoms with Crippen LogP contribution in [-0.4, -0.2) is 35.7 Å². The van der Waals surface area contributed by atoms with E-state index in [1.165, 1.54) is 0 Å². The van der Waals surface area contributed by atoms with E-state index in [9.17, 15) is 4.79 Å². The van der Waals surface area contributed by atoms with Gasteiger partial charge in [-0.05, 0) is 49.7 Å². The summed E-state index contributed by atoms with van der Waals surface area (Å²) in [5, 5.41) is 7.19. The number of hydrogen-bond donors (Lipinski definition) is 1. The van der Waals surface area contributed by atoms with Gasteiger partial charge in [-0.1, -0.05) is 6.07 Å². The van der Waals surface area contributed by atoms with Gasteiger partial charge in [0.1, 0.15) is 0 Å². The van der Waals surface area contributed by atoms with Gasteiger partial charge in [-0.2, -0.15) is 5.10 Å². The van der Waals surface area contributed by atoms with Crippen molar-refractivity contribution < 1.29 is 23.7 Å². The van der Waals surface area contributed by atoms with Gasteiger partial charge >= 0.3 is 0 Å². The predicted octanol–water partition coefficient (Wildman–Crippen LogP) is 3.71. The molecule has 0 saturated carbocycles. The number of aromatic nitrogens is 2. The zero-order chi connectivity index (χ0) is 20.9. The Morgan fingerprint density at radius 1 is 1.07 bits per heavy atom. The lowest BCUT2D eigenvalue weighted by Gasteiger charge is -2.12. The Kier molecular flexibility index (Phi) is 5.74. The number of nitrogens with one attached hydrogen (secondary N) is 1. The minimum absolute atomic E-state index is 0.170. The third-order valence-corrected chi connectivity index (χ3v) is 4.48. The molecule has 0 bridgehead atoms. The second-order valence-electron chi connectivity index (χ2n) is 6.60. The van der Waals surface area contributed by atoms with Gasteiger partial charge in [0.05, 0.1) is 31.6 Å². The zero-order valence-corrected chi connectivity index (χ0v) is 16.9. The number of anilines is 1. The second-order valence-corrected chi connectivity index (χ2v) is 6.60. The van der Waals surface area contributed by atoms with Crippen LogP contribution in [0.4, 0.5) is 5.69 Å². The third kappa shape index (κ3) is 4.32. The molecule has 0 spiro atoms. The first-order chi connectivity index (χ1) is 14.7. The predicted molar refractivity (Wildman–Crippen MR) is 111 cm³/mol. The molecule has 3 aromatic rings. The summed E-state index contributed by atoms with van der Waals surface area (Å²) in [5.74, 6) is 2.40. The van der Waals surface area contributed by atoms with Crippen LogP contribution in [-0.2, 0) is 6.54 Å². The van der Waals surface area contributed by atoms with E-state index in [4.69, 9.17) is 18.9 Å². The maximum Gasteiger partial charge on any atom is 0.255 e. The van der Waals surface area contributed by atoms with Gasteiger partial charge in [-0.3, -0.25) is 9.48 Å². The number of carbonyl (C=O) groups is 1. The highest BCUT2D eigenvalue weighted by Crippen LogP contribution is 2.32. The molecule has 4 rings (SSSR count). The van der Waals surface area contributed by atoms with Gasteiger partial charge in [0.15, 0.2) is 23.0 Å². The highest BCUT2D eigenvalue weighted by atomic mass is 16.7. The Balaban J connectivity index is 1.43. The number of carbonyl (C=O) groups excluding carboxylic acids is 1. The summed E-state index contributed by atoms with van der Waals surface area (Å²) in [6.07, 6.45) is 3.39. The van der Waals surface area contributed by atoms with E-state index < -0.39 is 0 Å². The highest BCUT2D eigenvalue weighted by Gasteiger charge is 2.16. The number of fused-ring (bicyclic) bond motifs is 1. The highest BCUT2D eigenvalue weighted by molar-refractivity contribution is 6.04. The first-order valence-corrected chi connectivity index (χ1v) is 9.78. The van der Waals surface area contributed by atoms with Crippen LogP contribution in [0.1, 0.15) is 29.8 Å². The largest absolute Gasteiger partial charge is 0.490 e. The summed E-state index contributed by atoms with van der Waals surface area (Å²) < 4.78 is 23.6. The standard InChI is InChI=1S/C22H23N3O5/c1-3-27-18-7-5-15(9-20(18)28-4-2)12-25-13-17(11-23-25)24-22(26)16-6-8-19-21(10-16)30-14-29-19/h5-11,13H,3-4,12,14H2,1-2H3,(H,24,26). The van der Waals surface area contributed by atoms with E-state index in [1.807, 2.05) is 32.0 Å².